The second-order valence-corrected chi connectivity index (χ2v) is 0.874. The van der Waals surface area contributed by atoms with Crippen LogP contribution in [0.3, 0.4) is 0 Å². The highest BCUT2D eigenvalue weighted by Gasteiger charge is 1.66. The van der Waals surface area contributed by atoms with E-state index >= 15 is 0 Å². The highest BCUT2D eigenvalue weighted by Crippen LogP contribution is 1.60. The van der Waals surface area contributed by atoms with Crippen LogP contribution in [0.25, 0.3) is 0 Å². The van der Waals surface area contributed by atoms with Crippen molar-refractivity contribution in [2.75, 3.05) is 0 Å². The standard InChI is InChI=1S/C4H8N2/c1-3-6-4(2)5/h3,6H,1-2,5H2. The van der Waals surface area contributed by atoms with Crippen LogP contribution in [0.15, 0.2) is 25.2 Å². The van der Waals surface area contributed by atoms with Crippen LogP contribution in [0.2, 0.25) is 0 Å². The first kappa shape index (κ1) is 5.08. The summed E-state index contributed by atoms with van der Waals surface area (Å²) in [5.41, 5.74) is 5.03. The zero-order valence-electron chi connectivity index (χ0n) is 3.57. The molecule has 0 aliphatic heterocycles. The molecule has 0 saturated carbocycles. The molecule has 0 saturated heterocycles. The Bertz CT molecular complexity index is 65.9. The molecule has 0 radical (unpaired) electrons. The molecule has 34 valence electrons. The van der Waals surface area contributed by atoms with Gasteiger partial charge in [-0.3, -0.25) is 0 Å². The fraction of sp³-hybridized carbons (Fsp3) is 0. The molecule has 6 heavy (non-hydrogen) atoms. The van der Waals surface area contributed by atoms with Crippen LogP contribution in [0, 0.1) is 0 Å². The molecule has 0 aliphatic carbocycles. The summed E-state index contributed by atoms with van der Waals surface area (Å²) in [4.78, 5) is 0. The van der Waals surface area contributed by atoms with Gasteiger partial charge < -0.3 is 11.1 Å². The van der Waals surface area contributed by atoms with E-state index in [9.17, 15) is 0 Å². The fourth-order valence-electron chi connectivity index (χ4n) is 0.131. The predicted octanol–water partition coefficient (Wildman–Crippen LogP) is 0.149. The Hall–Kier alpha value is -0.920. The van der Waals surface area contributed by atoms with E-state index in [1.807, 2.05) is 0 Å². The van der Waals surface area contributed by atoms with Gasteiger partial charge in [-0.25, -0.2) is 0 Å². The van der Waals surface area contributed by atoms with Gasteiger partial charge in [-0.15, -0.1) is 0 Å². The second-order valence-electron chi connectivity index (χ2n) is 0.874. The molecule has 0 aliphatic rings. The molecule has 0 atom stereocenters. The summed E-state index contributed by atoms with van der Waals surface area (Å²) in [6.45, 7) is 6.69. The first-order chi connectivity index (χ1) is 2.77. The summed E-state index contributed by atoms with van der Waals surface area (Å²) >= 11 is 0. The summed E-state index contributed by atoms with van der Waals surface area (Å²) in [6.07, 6.45) is 1.47. The Morgan fingerprint density at radius 1 is 1.83 bits per heavy atom. The third kappa shape index (κ3) is 3.08. The van der Waals surface area contributed by atoms with Crippen LogP contribution in [0.5, 0.6) is 0 Å². The predicted molar refractivity (Wildman–Crippen MR) is 26.7 cm³/mol. The van der Waals surface area contributed by atoms with E-state index < -0.39 is 0 Å². The molecule has 0 aromatic rings. The van der Waals surface area contributed by atoms with E-state index in [2.05, 4.69) is 18.5 Å². The van der Waals surface area contributed by atoms with E-state index in [0.717, 1.165) is 0 Å². The highest BCUT2D eigenvalue weighted by atomic mass is 15.0. The maximum atomic E-state index is 5.03. The summed E-state index contributed by atoms with van der Waals surface area (Å²) < 4.78 is 0. The minimum atomic E-state index is 0.421. The Kier molecular flexibility index (Phi) is 1.97. The Labute approximate surface area is 37.3 Å². The molecule has 0 unspecified atom stereocenters. The normalized spacial score (nSPS) is 6.67. The lowest BCUT2D eigenvalue weighted by molar-refractivity contribution is 1.04. The van der Waals surface area contributed by atoms with Crippen LogP contribution in [0.1, 0.15) is 0 Å². The van der Waals surface area contributed by atoms with Gasteiger partial charge in [0.15, 0.2) is 0 Å². The van der Waals surface area contributed by atoms with Gasteiger partial charge in [-0.05, 0) is 6.20 Å². The Morgan fingerprint density at radius 2 is 2.33 bits per heavy atom. The van der Waals surface area contributed by atoms with E-state index in [4.69, 9.17) is 5.73 Å². The van der Waals surface area contributed by atoms with Gasteiger partial charge in [-0.1, -0.05) is 13.2 Å². The average molecular weight is 84.1 g/mol. The van der Waals surface area contributed by atoms with E-state index in [-0.39, 0.29) is 0 Å². The zero-order valence-corrected chi connectivity index (χ0v) is 3.57. The number of nitrogens with one attached hydrogen (secondary N) is 1. The molecule has 0 heterocycles. The van der Waals surface area contributed by atoms with Crippen molar-refractivity contribution in [3.05, 3.63) is 25.2 Å². The van der Waals surface area contributed by atoms with E-state index in [0.29, 0.717) is 5.82 Å². The smallest absolute Gasteiger partial charge is 0.0925 e. The van der Waals surface area contributed by atoms with Crippen LogP contribution < -0.4 is 11.1 Å². The molecule has 0 rings (SSSR count). The highest BCUT2D eigenvalue weighted by molar-refractivity contribution is 4.87. The Balaban J connectivity index is 3.05. The van der Waals surface area contributed by atoms with Crippen molar-refractivity contribution in [3.8, 4) is 0 Å². The van der Waals surface area contributed by atoms with Crippen molar-refractivity contribution in [3.63, 3.8) is 0 Å². The number of hydrogen-bond donors (Lipinski definition) is 2. The van der Waals surface area contributed by atoms with Gasteiger partial charge >= 0.3 is 0 Å². The maximum absolute atomic E-state index is 5.03. The van der Waals surface area contributed by atoms with Gasteiger partial charge in [0.2, 0.25) is 0 Å². The first-order valence-electron chi connectivity index (χ1n) is 1.59. The summed E-state index contributed by atoms with van der Waals surface area (Å²) in [7, 11) is 0. The molecular formula is C4H8N2. The molecular weight excluding hydrogens is 76.1 g/mol. The minimum Gasteiger partial charge on any atom is -0.386 e. The minimum absolute atomic E-state index is 0.421. The van der Waals surface area contributed by atoms with Gasteiger partial charge in [0, 0.05) is 0 Å². The van der Waals surface area contributed by atoms with Crippen molar-refractivity contribution < 1.29 is 0 Å². The van der Waals surface area contributed by atoms with Gasteiger partial charge in [0.05, 0.1) is 5.82 Å². The lowest BCUT2D eigenvalue weighted by atomic mass is 10.8. The number of rotatable bonds is 2. The van der Waals surface area contributed by atoms with Crippen LogP contribution in [-0.2, 0) is 0 Å². The summed E-state index contributed by atoms with van der Waals surface area (Å²) in [6, 6.07) is 0. The average Bonchev–Trinajstić information content (AvgIpc) is 1.35. The topological polar surface area (TPSA) is 38.0 Å². The van der Waals surface area contributed by atoms with Crippen molar-refractivity contribution in [1.29, 1.82) is 0 Å². The van der Waals surface area contributed by atoms with E-state index in [1.165, 1.54) is 6.20 Å². The largest absolute Gasteiger partial charge is 0.386 e. The van der Waals surface area contributed by atoms with Gasteiger partial charge in [0.25, 0.3) is 0 Å². The van der Waals surface area contributed by atoms with Gasteiger partial charge in [0.1, 0.15) is 0 Å². The maximum Gasteiger partial charge on any atom is 0.0925 e. The Morgan fingerprint density at radius 3 is 2.33 bits per heavy atom. The van der Waals surface area contributed by atoms with Crippen LogP contribution >= 0.6 is 0 Å². The van der Waals surface area contributed by atoms with E-state index in [1.54, 1.807) is 0 Å². The first-order valence-corrected chi connectivity index (χ1v) is 1.59. The molecule has 2 heteroatoms. The third-order valence-electron chi connectivity index (χ3n) is 0.287. The zero-order chi connectivity index (χ0) is 4.99. The molecule has 0 amide bonds. The molecule has 0 aromatic carbocycles. The lowest BCUT2D eigenvalue weighted by Crippen LogP contribution is -2.10. The molecule has 0 spiro atoms. The lowest BCUT2D eigenvalue weighted by Gasteiger charge is -1.90. The van der Waals surface area contributed by atoms with Crippen LogP contribution in [0.4, 0.5) is 0 Å². The van der Waals surface area contributed by atoms with Crippen molar-refractivity contribution >= 4 is 0 Å². The number of nitrogens with two attached hydrogens (primary N) is 1. The quantitative estimate of drug-likeness (QED) is 0.499. The van der Waals surface area contributed by atoms with Gasteiger partial charge in [-0.2, -0.15) is 0 Å². The van der Waals surface area contributed by atoms with Crippen LogP contribution in [-0.4, -0.2) is 0 Å². The monoisotopic (exact) mass is 84.1 g/mol. The molecule has 2 nitrogen and oxygen atoms in total. The molecule has 0 bridgehead atoms. The van der Waals surface area contributed by atoms with Crippen molar-refractivity contribution in [2.24, 2.45) is 5.73 Å². The summed E-state index contributed by atoms with van der Waals surface area (Å²) in [5.74, 6) is 0.421. The molecule has 0 aromatic heterocycles. The van der Waals surface area contributed by atoms with Crippen molar-refractivity contribution in [1.82, 2.24) is 5.32 Å². The van der Waals surface area contributed by atoms with Crippen molar-refractivity contribution in [2.45, 2.75) is 0 Å². The molecule has 0 fully saturated rings. The fourth-order valence-corrected chi connectivity index (χ4v) is 0.131. The third-order valence-corrected chi connectivity index (χ3v) is 0.287. The number of hydrogen-bond acceptors (Lipinski definition) is 2. The summed E-state index contributed by atoms with van der Waals surface area (Å²) in [5, 5.41) is 2.56. The molecule has 3 N–H and O–H groups in total. The second kappa shape index (κ2) is 2.33. The SMILES string of the molecule is C=CNC(=C)N.